The van der Waals surface area contributed by atoms with Crippen LogP contribution in [0.4, 0.5) is 5.69 Å². The molecule has 1 rings (SSSR count). The van der Waals surface area contributed by atoms with Gasteiger partial charge in [0, 0.05) is 25.3 Å². The average molecular weight is 217 g/mol. The van der Waals surface area contributed by atoms with E-state index in [2.05, 4.69) is 11.0 Å². The normalized spacial score (nSPS) is 13.9. The van der Waals surface area contributed by atoms with Gasteiger partial charge >= 0.3 is 0 Å². The summed E-state index contributed by atoms with van der Waals surface area (Å²) < 4.78 is 0. The Balaban J connectivity index is 2.91. The predicted molar refractivity (Wildman–Crippen MR) is 67.1 cm³/mol. The standard InChI is InChI=1S/C13H19N3/c1-10(8-14)9-16(3)13-7-5-4-6-12(13)11(2)15/h4-7,10-11H,9,15H2,1-3H3/t10?,11-/m1/s1. The SMILES string of the molecule is CC(C#N)CN(C)c1ccccc1[C@@H](C)N. The summed E-state index contributed by atoms with van der Waals surface area (Å²) in [7, 11) is 2.00. The molecule has 0 saturated heterocycles. The van der Waals surface area contributed by atoms with Crippen molar-refractivity contribution in [2.45, 2.75) is 19.9 Å². The number of para-hydroxylation sites is 1. The van der Waals surface area contributed by atoms with Crippen LogP contribution in [-0.4, -0.2) is 13.6 Å². The van der Waals surface area contributed by atoms with Crippen LogP contribution in [0.1, 0.15) is 25.5 Å². The van der Waals surface area contributed by atoms with Crippen molar-refractivity contribution in [1.82, 2.24) is 0 Å². The van der Waals surface area contributed by atoms with Crippen molar-refractivity contribution in [3.05, 3.63) is 29.8 Å². The van der Waals surface area contributed by atoms with Gasteiger partial charge in [-0.05, 0) is 25.5 Å². The molecule has 0 aliphatic carbocycles. The molecule has 0 fully saturated rings. The summed E-state index contributed by atoms with van der Waals surface area (Å²) in [5.41, 5.74) is 8.16. The Bertz CT molecular complexity index is 379. The summed E-state index contributed by atoms with van der Waals surface area (Å²) in [5.74, 6) is 0.0196. The van der Waals surface area contributed by atoms with Crippen LogP contribution >= 0.6 is 0 Å². The molecule has 0 bridgehead atoms. The first kappa shape index (κ1) is 12.5. The van der Waals surface area contributed by atoms with Crippen molar-refractivity contribution in [3.8, 4) is 6.07 Å². The van der Waals surface area contributed by atoms with Gasteiger partial charge in [0.25, 0.3) is 0 Å². The lowest BCUT2D eigenvalue weighted by atomic mass is 10.1. The van der Waals surface area contributed by atoms with E-state index < -0.39 is 0 Å². The minimum Gasteiger partial charge on any atom is -0.373 e. The molecule has 0 saturated carbocycles. The fourth-order valence-corrected chi connectivity index (χ4v) is 1.77. The summed E-state index contributed by atoms with van der Waals surface area (Å²) in [5, 5.41) is 8.81. The smallest absolute Gasteiger partial charge is 0.0671 e. The molecule has 0 aromatic heterocycles. The van der Waals surface area contributed by atoms with E-state index in [1.807, 2.05) is 45.2 Å². The quantitative estimate of drug-likeness (QED) is 0.842. The molecule has 1 aromatic rings. The summed E-state index contributed by atoms with van der Waals surface area (Å²) in [6.07, 6.45) is 0. The van der Waals surface area contributed by atoms with Gasteiger partial charge in [-0.15, -0.1) is 0 Å². The maximum Gasteiger partial charge on any atom is 0.0671 e. The Morgan fingerprint density at radius 3 is 2.56 bits per heavy atom. The second kappa shape index (κ2) is 5.53. The highest BCUT2D eigenvalue weighted by molar-refractivity contribution is 5.54. The van der Waals surface area contributed by atoms with Crippen molar-refractivity contribution in [3.63, 3.8) is 0 Å². The Labute approximate surface area is 97.5 Å². The highest BCUT2D eigenvalue weighted by Crippen LogP contribution is 2.24. The van der Waals surface area contributed by atoms with E-state index in [1.54, 1.807) is 0 Å². The number of anilines is 1. The van der Waals surface area contributed by atoms with Crippen LogP contribution in [0.25, 0.3) is 0 Å². The van der Waals surface area contributed by atoms with Crippen LogP contribution in [0.3, 0.4) is 0 Å². The van der Waals surface area contributed by atoms with E-state index in [0.717, 1.165) is 17.8 Å². The molecule has 16 heavy (non-hydrogen) atoms. The molecule has 0 aliphatic rings. The first-order valence-electron chi connectivity index (χ1n) is 5.51. The summed E-state index contributed by atoms with van der Waals surface area (Å²) in [6, 6.07) is 10.3. The van der Waals surface area contributed by atoms with Gasteiger partial charge in [0.15, 0.2) is 0 Å². The van der Waals surface area contributed by atoms with Crippen LogP contribution in [0.5, 0.6) is 0 Å². The monoisotopic (exact) mass is 217 g/mol. The highest BCUT2D eigenvalue weighted by atomic mass is 15.1. The molecule has 86 valence electrons. The molecule has 2 N–H and O–H groups in total. The summed E-state index contributed by atoms with van der Waals surface area (Å²) in [6.45, 7) is 4.62. The zero-order valence-electron chi connectivity index (χ0n) is 10.1. The lowest BCUT2D eigenvalue weighted by Gasteiger charge is -2.24. The fourth-order valence-electron chi connectivity index (χ4n) is 1.77. The molecule has 0 heterocycles. The van der Waals surface area contributed by atoms with Crippen molar-refractivity contribution < 1.29 is 0 Å². The lowest BCUT2D eigenvalue weighted by molar-refractivity contribution is 0.708. The second-order valence-corrected chi connectivity index (χ2v) is 4.26. The van der Waals surface area contributed by atoms with Crippen LogP contribution in [0, 0.1) is 17.2 Å². The number of nitrogens with zero attached hydrogens (tertiary/aromatic N) is 2. The number of nitrogens with two attached hydrogens (primary N) is 1. The third kappa shape index (κ3) is 2.98. The molecule has 3 heteroatoms. The highest BCUT2D eigenvalue weighted by Gasteiger charge is 2.11. The summed E-state index contributed by atoms with van der Waals surface area (Å²) in [4.78, 5) is 2.09. The average Bonchev–Trinajstić information content (AvgIpc) is 2.28. The van der Waals surface area contributed by atoms with Crippen molar-refractivity contribution >= 4 is 5.69 Å². The number of rotatable bonds is 4. The minimum atomic E-state index is 0.0102. The van der Waals surface area contributed by atoms with Gasteiger partial charge in [-0.3, -0.25) is 0 Å². The molecule has 1 unspecified atom stereocenters. The largest absolute Gasteiger partial charge is 0.373 e. The fraction of sp³-hybridized carbons (Fsp3) is 0.462. The van der Waals surface area contributed by atoms with E-state index >= 15 is 0 Å². The van der Waals surface area contributed by atoms with Gasteiger partial charge in [-0.1, -0.05) is 18.2 Å². The number of hydrogen-bond acceptors (Lipinski definition) is 3. The minimum absolute atomic E-state index is 0.0102. The number of nitriles is 1. The van der Waals surface area contributed by atoms with E-state index in [-0.39, 0.29) is 12.0 Å². The zero-order valence-corrected chi connectivity index (χ0v) is 10.1. The van der Waals surface area contributed by atoms with Crippen LogP contribution < -0.4 is 10.6 Å². The molecule has 0 radical (unpaired) electrons. The van der Waals surface area contributed by atoms with E-state index in [1.165, 1.54) is 0 Å². The molecule has 0 amide bonds. The van der Waals surface area contributed by atoms with Gasteiger partial charge < -0.3 is 10.6 Å². The number of benzene rings is 1. The van der Waals surface area contributed by atoms with E-state index in [9.17, 15) is 0 Å². The third-order valence-corrected chi connectivity index (χ3v) is 2.61. The molecule has 1 aromatic carbocycles. The first-order valence-corrected chi connectivity index (χ1v) is 5.51. The molecule has 2 atom stereocenters. The van der Waals surface area contributed by atoms with Gasteiger partial charge in [0.1, 0.15) is 0 Å². The molecule has 3 nitrogen and oxygen atoms in total. The van der Waals surface area contributed by atoms with E-state index in [0.29, 0.717) is 0 Å². The van der Waals surface area contributed by atoms with Crippen LogP contribution in [0.2, 0.25) is 0 Å². The van der Waals surface area contributed by atoms with Crippen molar-refractivity contribution in [2.75, 3.05) is 18.5 Å². The molecule has 0 aliphatic heterocycles. The maximum atomic E-state index is 8.81. The van der Waals surface area contributed by atoms with Gasteiger partial charge in [-0.25, -0.2) is 0 Å². The number of hydrogen-bond donors (Lipinski definition) is 1. The second-order valence-electron chi connectivity index (χ2n) is 4.26. The van der Waals surface area contributed by atoms with Crippen LogP contribution in [-0.2, 0) is 0 Å². The van der Waals surface area contributed by atoms with Crippen molar-refractivity contribution in [1.29, 1.82) is 5.26 Å². The summed E-state index contributed by atoms with van der Waals surface area (Å²) >= 11 is 0. The Hall–Kier alpha value is -1.53. The first-order chi connectivity index (χ1) is 7.56. The lowest BCUT2D eigenvalue weighted by Crippen LogP contribution is -2.25. The molecular formula is C13H19N3. The maximum absolute atomic E-state index is 8.81. The Kier molecular flexibility index (Phi) is 4.33. The van der Waals surface area contributed by atoms with Crippen molar-refractivity contribution in [2.24, 2.45) is 11.7 Å². The topological polar surface area (TPSA) is 53.0 Å². The zero-order chi connectivity index (χ0) is 12.1. The Morgan fingerprint density at radius 2 is 2.00 bits per heavy atom. The molecular weight excluding hydrogens is 198 g/mol. The molecule has 0 spiro atoms. The van der Waals surface area contributed by atoms with Crippen LogP contribution in [0.15, 0.2) is 24.3 Å². The van der Waals surface area contributed by atoms with E-state index in [4.69, 9.17) is 11.0 Å². The Morgan fingerprint density at radius 1 is 1.38 bits per heavy atom. The third-order valence-electron chi connectivity index (χ3n) is 2.61. The predicted octanol–water partition coefficient (Wildman–Crippen LogP) is 2.30. The van der Waals surface area contributed by atoms with Gasteiger partial charge in [0.2, 0.25) is 0 Å². The van der Waals surface area contributed by atoms with Gasteiger partial charge in [0.05, 0.1) is 12.0 Å². The van der Waals surface area contributed by atoms with Gasteiger partial charge in [-0.2, -0.15) is 5.26 Å².